The van der Waals surface area contributed by atoms with Crippen molar-refractivity contribution in [3.63, 3.8) is 0 Å². The molecular weight excluding hydrogens is 259 g/mol. The van der Waals surface area contributed by atoms with E-state index in [1.54, 1.807) is 25.1 Å². The van der Waals surface area contributed by atoms with Crippen molar-refractivity contribution < 1.29 is 19.0 Å². The lowest BCUT2D eigenvalue weighted by atomic mass is 10.1. The molecule has 4 heteroatoms. The Hall–Kier alpha value is -2.62. The molecule has 2 aromatic rings. The Balaban J connectivity index is 2.04. The number of hydrogen-bond donors (Lipinski definition) is 1. The number of phenols is 1. The Labute approximate surface area is 114 Å². The van der Waals surface area contributed by atoms with E-state index in [4.69, 9.17) is 4.74 Å². The first-order chi connectivity index (χ1) is 9.54. The molecule has 1 aliphatic rings. The second-order valence-electron chi connectivity index (χ2n) is 4.65. The number of aryl methyl sites for hydroxylation is 1. The number of aromatic hydroxyl groups is 1. The van der Waals surface area contributed by atoms with Gasteiger partial charge in [-0.1, -0.05) is 12.1 Å². The summed E-state index contributed by atoms with van der Waals surface area (Å²) in [4.78, 5) is 12.2. The molecule has 1 N–H and O–H groups in total. The van der Waals surface area contributed by atoms with Crippen LogP contribution in [0.5, 0.6) is 11.5 Å². The van der Waals surface area contributed by atoms with Gasteiger partial charge in [0.2, 0.25) is 5.78 Å². The summed E-state index contributed by atoms with van der Waals surface area (Å²) in [5.74, 6) is -0.489. The van der Waals surface area contributed by atoms with Crippen LogP contribution in [0, 0.1) is 12.7 Å². The molecule has 3 rings (SSSR count). The van der Waals surface area contributed by atoms with Gasteiger partial charge in [0.15, 0.2) is 5.76 Å². The molecule has 0 fully saturated rings. The average molecular weight is 270 g/mol. The number of fused-ring (bicyclic) bond motifs is 1. The van der Waals surface area contributed by atoms with E-state index in [1.165, 1.54) is 24.3 Å². The summed E-state index contributed by atoms with van der Waals surface area (Å²) < 4.78 is 18.6. The Morgan fingerprint density at radius 2 is 2.05 bits per heavy atom. The van der Waals surface area contributed by atoms with Crippen molar-refractivity contribution in [3.05, 3.63) is 64.7 Å². The zero-order valence-corrected chi connectivity index (χ0v) is 10.7. The molecule has 0 saturated carbocycles. The molecule has 0 amide bonds. The van der Waals surface area contributed by atoms with E-state index in [0.29, 0.717) is 11.3 Å². The second kappa shape index (κ2) is 4.49. The van der Waals surface area contributed by atoms with Gasteiger partial charge < -0.3 is 9.84 Å². The highest BCUT2D eigenvalue weighted by Crippen LogP contribution is 2.38. The molecule has 3 nitrogen and oxygen atoms in total. The maximum absolute atomic E-state index is 13.1. The summed E-state index contributed by atoms with van der Waals surface area (Å²) in [7, 11) is 0. The Morgan fingerprint density at radius 1 is 1.25 bits per heavy atom. The van der Waals surface area contributed by atoms with Gasteiger partial charge >= 0.3 is 0 Å². The Kier molecular flexibility index (Phi) is 2.79. The summed E-state index contributed by atoms with van der Waals surface area (Å²) >= 11 is 0. The molecule has 0 unspecified atom stereocenters. The number of halogens is 1. The molecule has 0 bridgehead atoms. The van der Waals surface area contributed by atoms with Crippen LogP contribution < -0.4 is 4.74 Å². The highest BCUT2D eigenvalue weighted by molar-refractivity contribution is 6.16. The lowest BCUT2D eigenvalue weighted by Crippen LogP contribution is -1.98. The van der Waals surface area contributed by atoms with Crippen LogP contribution in [0.3, 0.4) is 0 Å². The number of ketones is 1. The number of hydrogen-bond acceptors (Lipinski definition) is 3. The van der Waals surface area contributed by atoms with Gasteiger partial charge in [-0.05, 0) is 48.4 Å². The van der Waals surface area contributed by atoms with Gasteiger partial charge in [0.05, 0.1) is 0 Å². The third-order valence-electron chi connectivity index (χ3n) is 3.04. The van der Waals surface area contributed by atoms with Crippen LogP contribution in [0.2, 0.25) is 0 Å². The predicted molar refractivity (Wildman–Crippen MR) is 72.2 cm³/mol. The van der Waals surface area contributed by atoms with Crippen LogP contribution >= 0.6 is 0 Å². The van der Waals surface area contributed by atoms with Crippen molar-refractivity contribution in [1.29, 1.82) is 0 Å². The number of benzene rings is 2. The van der Waals surface area contributed by atoms with Crippen LogP contribution in [0.25, 0.3) is 6.08 Å². The molecule has 0 radical (unpaired) electrons. The first-order valence-corrected chi connectivity index (χ1v) is 6.08. The largest absolute Gasteiger partial charge is 0.507 e. The first kappa shape index (κ1) is 12.4. The minimum absolute atomic E-state index is 0.0755. The average Bonchev–Trinajstić information content (AvgIpc) is 2.66. The molecule has 1 heterocycles. The van der Waals surface area contributed by atoms with Crippen molar-refractivity contribution in [2.75, 3.05) is 0 Å². The molecule has 0 atom stereocenters. The van der Waals surface area contributed by atoms with Crippen molar-refractivity contribution in [1.82, 2.24) is 0 Å². The van der Waals surface area contributed by atoms with Gasteiger partial charge in [0, 0.05) is 0 Å². The zero-order chi connectivity index (χ0) is 14.3. The fraction of sp³-hybridized carbons (Fsp3) is 0.0625. The van der Waals surface area contributed by atoms with Gasteiger partial charge in [-0.15, -0.1) is 0 Å². The Bertz CT molecular complexity index is 747. The molecule has 0 aliphatic carbocycles. The molecule has 0 aromatic heterocycles. The smallest absolute Gasteiger partial charge is 0.235 e. The topological polar surface area (TPSA) is 46.5 Å². The van der Waals surface area contributed by atoms with Crippen molar-refractivity contribution >= 4 is 11.9 Å². The van der Waals surface area contributed by atoms with E-state index >= 15 is 0 Å². The third-order valence-corrected chi connectivity index (χ3v) is 3.04. The summed E-state index contributed by atoms with van der Waals surface area (Å²) in [5.41, 5.74) is 1.47. The van der Waals surface area contributed by atoms with E-state index in [9.17, 15) is 14.3 Å². The van der Waals surface area contributed by atoms with Crippen LogP contribution in [0.15, 0.2) is 42.2 Å². The summed E-state index contributed by atoms with van der Waals surface area (Å²) in [5, 5.41) is 9.82. The summed E-state index contributed by atoms with van der Waals surface area (Å²) in [6.07, 6.45) is 1.46. The normalized spacial score (nSPS) is 15.3. The minimum Gasteiger partial charge on any atom is -0.507 e. The summed E-state index contributed by atoms with van der Waals surface area (Å²) in [6, 6.07) is 9.03. The maximum Gasteiger partial charge on any atom is 0.235 e. The Morgan fingerprint density at radius 3 is 2.80 bits per heavy atom. The van der Waals surface area contributed by atoms with Crippen LogP contribution in [-0.2, 0) is 0 Å². The van der Waals surface area contributed by atoms with Crippen molar-refractivity contribution in [3.8, 4) is 11.5 Å². The number of ether oxygens (including phenoxy) is 1. The van der Waals surface area contributed by atoms with Gasteiger partial charge in [-0.25, -0.2) is 4.39 Å². The van der Waals surface area contributed by atoms with E-state index < -0.39 is 5.78 Å². The number of carbonyl (C=O) groups excluding carboxylic acids is 1. The van der Waals surface area contributed by atoms with E-state index in [0.717, 1.165) is 5.56 Å². The standard InChI is InChI=1S/C16H11FO3/c1-9-5-12(18)15-13(6-9)20-14(16(15)19)8-10-3-2-4-11(17)7-10/h2-8,18H,1H3. The molecule has 20 heavy (non-hydrogen) atoms. The SMILES string of the molecule is Cc1cc(O)c2c(c1)OC(=Cc1cccc(F)c1)C2=O. The first-order valence-electron chi connectivity index (χ1n) is 6.08. The van der Waals surface area contributed by atoms with Gasteiger partial charge in [-0.3, -0.25) is 4.79 Å². The molecular formula is C16H11FO3. The van der Waals surface area contributed by atoms with Gasteiger partial charge in [0.25, 0.3) is 0 Å². The van der Waals surface area contributed by atoms with Crippen LogP contribution in [-0.4, -0.2) is 10.9 Å². The van der Waals surface area contributed by atoms with Crippen molar-refractivity contribution in [2.24, 2.45) is 0 Å². The van der Waals surface area contributed by atoms with Gasteiger partial charge in [-0.2, -0.15) is 0 Å². The monoisotopic (exact) mass is 270 g/mol. The number of phenolic OH excluding ortho intramolecular Hbond substituents is 1. The van der Waals surface area contributed by atoms with Gasteiger partial charge in [0.1, 0.15) is 22.9 Å². The highest BCUT2D eigenvalue weighted by Gasteiger charge is 2.30. The number of allylic oxidation sites excluding steroid dienone is 1. The molecule has 1 aliphatic heterocycles. The van der Waals surface area contributed by atoms with Crippen molar-refractivity contribution in [2.45, 2.75) is 6.92 Å². The number of rotatable bonds is 1. The molecule has 100 valence electrons. The predicted octanol–water partition coefficient (Wildman–Crippen LogP) is 3.46. The van der Waals surface area contributed by atoms with E-state index in [-0.39, 0.29) is 22.9 Å². The van der Waals surface area contributed by atoms with Crippen LogP contribution in [0.4, 0.5) is 4.39 Å². The second-order valence-corrected chi connectivity index (χ2v) is 4.65. The minimum atomic E-state index is -0.401. The maximum atomic E-state index is 13.1. The molecule has 0 saturated heterocycles. The summed E-state index contributed by atoms with van der Waals surface area (Å²) in [6.45, 7) is 1.79. The highest BCUT2D eigenvalue weighted by atomic mass is 19.1. The lowest BCUT2D eigenvalue weighted by Gasteiger charge is -2.00. The van der Waals surface area contributed by atoms with Crippen LogP contribution in [0.1, 0.15) is 21.5 Å². The fourth-order valence-corrected chi connectivity index (χ4v) is 2.17. The third kappa shape index (κ3) is 2.05. The number of carbonyl (C=O) groups is 1. The molecule has 0 spiro atoms. The lowest BCUT2D eigenvalue weighted by molar-refractivity contribution is 0.101. The fourth-order valence-electron chi connectivity index (χ4n) is 2.17. The molecule has 2 aromatic carbocycles. The van der Waals surface area contributed by atoms with E-state index in [1.807, 2.05) is 0 Å². The van der Waals surface area contributed by atoms with E-state index in [2.05, 4.69) is 0 Å². The quantitative estimate of drug-likeness (QED) is 0.807. The zero-order valence-electron chi connectivity index (χ0n) is 10.7. The number of Topliss-reactive ketones (excluding diaryl/α,β-unsaturated/α-hetero) is 1.